The van der Waals surface area contributed by atoms with Crippen LogP contribution in [0.2, 0.25) is 0 Å². The van der Waals surface area contributed by atoms with E-state index in [2.05, 4.69) is 0 Å². The second-order valence-corrected chi connectivity index (χ2v) is 4.15. The lowest BCUT2D eigenvalue weighted by molar-refractivity contribution is -0.137. The number of carbonyl (C=O) groups is 3. The Labute approximate surface area is 99.6 Å². The van der Waals surface area contributed by atoms with Crippen molar-refractivity contribution in [1.29, 1.82) is 0 Å². The average Bonchev–Trinajstić information content (AvgIpc) is 2.53. The molecule has 0 radical (unpaired) electrons. The van der Waals surface area contributed by atoms with Crippen LogP contribution in [0.3, 0.4) is 0 Å². The van der Waals surface area contributed by atoms with Gasteiger partial charge in [-0.05, 0) is 6.92 Å². The number of aliphatic hydroxyl groups excluding tert-OH is 1. The Morgan fingerprint density at radius 1 is 1.53 bits per heavy atom. The van der Waals surface area contributed by atoms with Crippen molar-refractivity contribution < 1.29 is 19.5 Å². The van der Waals surface area contributed by atoms with E-state index in [4.69, 9.17) is 5.11 Å². The first-order valence-electron chi connectivity index (χ1n) is 5.30. The molecule has 7 heteroatoms. The summed E-state index contributed by atoms with van der Waals surface area (Å²) in [6.07, 6.45) is 0. The molecule has 1 heterocycles. The summed E-state index contributed by atoms with van der Waals surface area (Å²) < 4.78 is 0. The summed E-state index contributed by atoms with van der Waals surface area (Å²) in [5.74, 6) is -0.751. The van der Waals surface area contributed by atoms with Crippen LogP contribution < -0.4 is 0 Å². The molecule has 0 aromatic heterocycles. The molecule has 4 amide bonds. The van der Waals surface area contributed by atoms with E-state index in [1.807, 2.05) is 0 Å². The molecule has 7 nitrogen and oxygen atoms in total. The summed E-state index contributed by atoms with van der Waals surface area (Å²) in [6.45, 7) is 1.25. The first kappa shape index (κ1) is 13.4. The van der Waals surface area contributed by atoms with Crippen LogP contribution in [0, 0.1) is 0 Å². The first-order valence-corrected chi connectivity index (χ1v) is 5.30. The number of urea groups is 1. The number of amides is 4. The summed E-state index contributed by atoms with van der Waals surface area (Å²) in [4.78, 5) is 38.2. The van der Waals surface area contributed by atoms with Crippen LogP contribution in [0.25, 0.3) is 0 Å². The van der Waals surface area contributed by atoms with Gasteiger partial charge in [-0.15, -0.1) is 0 Å². The highest BCUT2D eigenvalue weighted by Crippen LogP contribution is 2.08. The summed E-state index contributed by atoms with van der Waals surface area (Å²) in [5.41, 5.74) is 0. The van der Waals surface area contributed by atoms with E-state index < -0.39 is 6.03 Å². The fourth-order valence-corrected chi connectivity index (χ4v) is 1.44. The Bertz CT molecular complexity index is 344. The number of hydrogen-bond acceptors (Lipinski definition) is 4. The number of aliphatic hydroxyl groups is 1. The predicted molar refractivity (Wildman–Crippen MR) is 59.1 cm³/mol. The van der Waals surface area contributed by atoms with Crippen molar-refractivity contribution in [3.8, 4) is 0 Å². The van der Waals surface area contributed by atoms with E-state index in [9.17, 15) is 14.4 Å². The molecule has 1 saturated heterocycles. The molecule has 0 bridgehead atoms. The maximum absolute atomic E-state index is 11.7. The van der Waals surface area contributed by atoms with Gasteiger partial charge in [-0.3, -0.25) is 14.5 Å². The standard InChI is InChI=1S/C10H17N3O4/c1-7(6-14)12(3)8(15)5-13-9(16)4-11(2)10(13)17/h7,14H,4-6H2,1-3H3. The second kappa shape index (κ2) is 5.13. The van der Waals surface area contributed by atoms with E-state index in [0.717, 1.165) is 4.90 Å². The Hall–Kier alpha value is -1.63. The fraction of sp³-hybridized carbons (Fsp3) is 0.700. The van der Waals surface area contributed by atoms with Gasteiger partial charge in [0.2, 0.25) is 5.91 Å². The molecule has 1 unspecified atom stereocenters. The van der Waals surface area contributed by atoms with Gasteiger partial charge in [-0.2, -0.15) is 0 Å². The van der Waals surface area contributed by atoms with E-state index >= 15 is 0 Å². The van der Waals surface area contributed by atoms with Crippen LogP contribution in [0.1, 0.15) is 6.92 Å². The lowest BCUT2D eigenvalue weighted by Crippen LogP contribution is -2.45. The van der Waals surface area contributed by atoms with Gasteiger partial charge in [0.15, 0.2) is 0 Å². The number of hydrogen-bond donors (Lipinski definition) is 1. The third-order valence-electron chi connectivity index (χ3n) is 2.84. The smallest absolute Gasteiger partial charge is 0.327 e. The molecule has 0 spiro atoms. The van der Waals surface area contributed by atoms with Crippen molar-refractivity contribution in [3.05, 3.63) is 0 Å². The van der Waals surface area contributed by atoms with E-state index in [0.29, 0.717) is 0 Å². The third kappa shape index (κ3) is 2.73. The van der Waals surface area contributed by atoms with Crippen LogP contribution in [0.15, 0.2) is 0 Å². The van der Waals surface area contributed by atoms with E-state index in [-0.39, 0.29) is 37.6 Å². The molecule has 0 saturated carbocycles. The van der Waals surface area contributed by atoms with Gasteiger partial charge in [-0.25, -0.2) is 4.79 Å². The first-order chi connectivity index (χ1) is 7.88. The Kier molecular flexibility index (Phi) is 4.06. The van der Waals surface area contributed by atoms with E-state index in [1.54, 1.807) is 6.92 Å². The van der Waals surface area contributed by atoms with Crippen LogP contribution in [0.4, 0.5) is 4.79 Å². The topological polar surface area (TPSA) is 81.2 Å². The summed E-state index contributed by atoms with van der Waals surface area (Å²) in [5, 5.41) is 8.91. The van der Waals surface area contributed by atoms with Crippen molar-refractivity contribution in [3.63, 3.8) is 0 Å². The fourth-order valence-electron chi connectivity index (χ4n) is 1.44. The molecule has 96 valence electrons. The molecule has 1 aliphatic heterocycles. The van der Waals surface area contributed by atoms with Crippen LogP contribution in [-0.4, -0.2) is 77.5 Å². The molecule has 17 heavy (non-hydrogen) atoms. The minimum atomic E-state index is -0.464. The Morgan fingerprint density at radius 2 is 2.12 bits per heavy atom. The molecular weight excluding hydrogens is 226 g/mol. The maximum atomic E-state index is 11.7. The predicted octanol–water partition coefficient (Wildman–Crippen LogP) is -1.28. The van der Waals surface area contributed by atoms with Gasteiger partial charge in [0.05, 0.1) is 12.6 Å². The largest absolute Gasteiger partial charge is 0.394 e. The lowest BCUT2D eigenvalue weighted by Gasteiger charge is -2.25. The summed E-state index contributed by atoms with van der Waals surface area (Å²) in [6, 6.07) is -0.804. The second-order valence-electron chi connectivity index (χ2n) is 4.15. The minimum Gasteiger partial charge on any atom is -0.394 e. The normalized spacial score (nSPS) is 17.6. The van der Waals surface area contributed by atoms with Gasteiger partial charge < -0.3 is 14.9 Å². The molecule has 1 N–H and O–H groups in total. The Morgan fingerprint density at radius 3 is 2.53 bits per heavy atom. The van der Waals surface area contributed by atoms with Crippen LogP contribution in [-0.2, 0) is 9.59 Å². The van der Waals surface area contributed by atoms with Gasteiger partial charge in [0.25, 0.3) is 5.91 Å². The molecule has 1 fully saturated rings. The summed E-state index contributed by atoms with van der Waals surface area (Å²) in [7, 11) is 3.03. The quantitative estimate of drug-likeness (QED) is 0.624. The van der Waals surface area contributed by atoms with Crippen molar-refractivity contribution >= 4 is 17.8 Å². The molecule has 0 aromatic carbocycles. The van der Waals surface area contributed by atoms with Gasteiger partial charge >= 0.3 is 6.03 Å². The van der Waals surface area contributed by atoms with Crippen molar-refractivity contribution in [2.75, 3.05) is 33.8 Å². The Balaban J connectivity index is 2.63. The molecule has 0 aliphatic carbocycles. The van der Waals surface area contributed by atoms with E-state index in [1.165, 1.54) is 23.9 Å². The highest BCUT2D eigenvalue weighted by molar-refractivity contribution is 6.04. The highest BCUT2D eigenvalue weighted by atomic mass is 16.3. The molecule has 1 aliphatic rings. The number of nitrogens with zero attached hydrogens (tertiary/aromatic N) is 3. The number of likely N-dealkylation sites (N-methyl/N-ethyl adjacent to an activating group) is 2. The zero-order valence-corrected chi connectivity index (χ0v) is 10.2. The zero-order valence-electron chi connectivity index (χ0n) is 10.2. The van der Waals surface area contributed by atoms with Gasteiger partial charge in [0, 0.05) is 14.1 Å². The SMILES string of the molecule is CC(CO)N(C)C(=O)CN1C(=O)CN(C)C1=O. The number of imide groups is 1. The lowest BCUT2D eigenvalue weighted by atomic mass is 10.3. The molecular formula is C10H17N3O4. The molecule has 0 aromatic rings. The van der Waals surface area contributed by atoms with Crippen molar-refractivity contribution in [2.45, 2.75) is 13.0 Å². The van der Waals surface area contributed by atoms with Gasteiger partial charge in [-0.1, -0.05) is 0 Å². The minimum absolute atomic E-state index is 0.00534. The molecule has 1 rings (SSSR count). The van der Waals surface area contributed by atoms with Crippen molar-refractivity contribution in [1.82, 2.24) is 14.7 Å². The monoisotopic (exact) mass is 243 g/mol. The summed E-state index contributed by atoms with van der Waals surface area (Å²) >= 11 is 0. The maximum Gasteiger partial charge on any atom is 0.327 e. The van der Waals surface area contributed by atoms with Crippen molar-refractivity contribution in [2.24, 2.45) is 0 Å². The van der Waals surface area contributed by atoms with Crippen LogP contribution in [0.5, 0.6) is 0 Å². The average molecular weight is 243 g/mol. The number of carbonyl (C=O) groups excluding carboxylic acids is 3. The third-order valence-corrected chi connectivity index (χ3v) is 2.84. The zero-order chi connectivity index (χ0) is 13.2. The van der Waals surface area contributed by atoms with Gasteiger partial charge in [0.1, 0.15) is 13.1 Å². The highest BCUT2D eigenvalue weighted by Gasteiger charge is 2.35. The van der Waals surface area contributed by atoms with Crippen LogP contribution >= 0.6 is 0 Å². The molecule has 1 atom stereocenters. The number of rotatable bonds is 4.